The second kappa shape index (κ2) is 12.0. The lowest BCUT2D eigenvalue weighted by molar-refractivity contribution is -0.140. The molecule has 0 aliphatic rings. The number of thiol groups is 1. The molecular formula is C7H15NO4S3. The monoisotopic (exact) mass is 273 g/mol. The summed E-state index contributed by atoms with van der Waals surface area (Å²) in [5, 5.41) is 10.6. The predicted molar refractivity (Wildman–Crippen MR) is 67.2 cm³/mol. The van der Waals surface area contributed by atoms with E-state index in [1.807, 2.05) is 12.5 Å². The molecule has 0 spiro atoms. The van der Waals surface area contributed by atoms with Crippen molar-refractivity contribution in [3.05, 3.63) is 0 Å². The summed E-state index contributed by atoms with van der Waals surface area (Å²) in [6.45, 7) is 1.26. The molecule has 0 fully saturated rings. The molecule has 0 aliphatic heterocycles. The zero-order valence-corrected chi connectivity index (χ0v) is 11.2. The van der Waals surface area contributed by atoms with Crippen LogP contribution in [-0.2, 0) is 13.2 Å². The Morgan fingerprint density at radius 2 is 1.93 bits per heavy atom. The van der Waals surface area contributed by atoms with E-state index in [1.54, 1.807) is 0 Å². The van der Waals surface area contributed by atoms with E-state index in [0.29, 0.717) is 0 Å². The van der Waals surface area contributed by atoms with Crippen molar-refractivity contribution in [3.8, 4) is 0 Å². The van der Waals surface area contributed by atoms with Crippen molar-refractivity contribution in [2.75, 3.05) is 18.3 Å². The van der Waals surface area contributed by atoms with Crippen molar-refractivity contribution in [1.29, 1.82) is 0 Å². The van der Waals surface area contributed by atoms with Crippen molar-refractivity contribution in [1.82, 2.24) is 5.32 Å². The Morgan fingerprint density at radius 1 is 1.47 bits per heavy atom. The van der Waals surface area contributed by atoms with Crippen LogP contribution in [0.1, 0.15) is 6.92 Å². The molecule has 5 nitrogen and oxygen atoms in total. The van der Waals surface area contributed by atoms with E-state index >= 15 is 0 Å². The van der Waals surface area contributed by atoms with E-state index in [0.717, 1.165) is 0 Å². The average molecular weight is 273 g/mol. The van der Waals surface area contributed by atoms with Crippen LogP contribution < -0.4 is 5.32 Å². The fourth-order valence-electron chi connectivity index (χ4n) is 0.499. The number of hydrogen-bond donors (Lipinski definition) is 3. The third kappa shape index (κ3) is 14.0. The largest absolute Gasteiger partial charge is 0.480 e. The highest BCUT2D eigenvalue weighted by molar-refractivity contribution is 8.07. The lowest BCUT2D eigenvalue weighted by Gasteiger charge is -2.08. The van der Waals surface area contributed by atoms with Gasteiger partial charge in [0.15, 0.2) is 0 Å². The zero-order valence-electron chi connectivity index (χ0n) is 8.72. The van der Waals surface area contributed by atoms with Gasteiger partial charge >= 0.3 is 5.97 Å². The van der Waals surface area contributed by atoms with Gasteiger partial charge in [0.1, 0.15) is 6.04 Å². The normalized spacial score (nSPS) is 10.9. The summed E-state index contributed by atoms with van der Waals surface area (Å²) in [5.41, 5.74) is 0. The summed E-state index contributed by atoms with van der Waals surface area (Å²) in [5.74, 6) is -1.32. The Bertz CT molecular complexity index is 189. The molecule has 1 amide bonds. The first-order valence-electron chi connectivity index (χ1n) is 3.83. The third-order valence-corrected chi connectivity index (χ3v) is 2.45. The van der Waals surface area contributed by atoms with Crippen molar-refractivity contribution in [3.63, 3.8) is 0 Å². The van der Waals surface area contributed by atoms with E-state index in [9.17, 15) is 9.59 Å². The van der Waals surface area contributed by atoms with Crippen molar-refractivity contribution < 1.29 is 18.3 Å². The van der Waals surface area contributed by atoms with Gasteiger partial charge in [0.25, 0.3) is 0 Å². The van der Waals surface area contributed by atoms with E-state index in [-0.39, 0.29) is 11.7 Å². The van der Waals surface area contributed by atoms with E-state index < -0.39 is 12.0 Å². The Labute approximate surface area is 104 Å². The minimum absolute atomic E-state index is 0.106. The van der Waals surface area contributed by atoms with Gasteiger partial charge in [-0.3, -0.25) is 4.79 Å². The molecule has 0 aromatic heterocycles. The van der Waals surface area contributed by atoms with Gasteiger partial charge in [-0.2, -0.15) is 12.6 Å². The Balaban J connectivity index is 0. The maximum atomic E-state index is 10.3. The number of carbonyl (C=O) groups excluding carboxylic acids is 1. The lowest BCUT2D eigenvalue weighted by atomic mass is 10.3. The Kier molecular flexibility index (Phi) is 13.9. The molecule has 0 aliphatic carbocycles. The van der Waals surface area contributed by atoms with Gasteiger partial charge in [-0.15, -0.1) is 0 Å². The van der Waals surface area contributed by atoms with Crippen LogP contribution in [0.3, 0.4) is 0 Å². The second-order valence-electron chi connectivity index (χ2n) is 2.18. The third-order valence-electron chi connectivity index (χ3n) is 0.994. The van der Waals surface area contributed by atoms with Crippen molar-refractivity contribution in [2.45, 2.75) is 13.0 Å². The summed E-state index contributed by atoms with van der Waals surface area (Å²) in [7, 11) is 0. The predicted octanol–water partition coefficient (Wildman–Crippen LogP) is 1.06. The fraction of sp³-hybridized carbons (Fsp3) is 0.714. The van der Waals surface area contributed by atoms with E-state index in [1.165, 1.54) is 31.0 Å². The Hall–Kier alpha value is -0.0500. The van der Waals surface area contributed by atoms with Crippen LogP contribution >= 0.6 is 36.7 Å². The molecule has 0 bridgehead atoms. The minimum Gasteiger partial charge on any atom is -0.480 e. The van der Waals surface area contributed by atoms with Crippen LogP contribution in [0.4, 0.5) is 0 Å². The van der Waals surface area contributed by atoms with Gasteiger partial charge in [-0.1, -0.05) is 0 Å². The smallest absolute Gasteiger partial charge is 0.327 e. The second-order valence-corrected chi connectivity index (χ2v) is 3.75. The first-order valence-corrected chi connectivity index (χ1v) is 6.77. The number of hydrogen-bond acceptors (Lipinski definition) is 6. The molecule has 90 valence electrons. The molecule has 0 saturated carbocycles. The van der Waals surface area contributed by atoms with Gasteiger partial charge in [-0.25, -0.2) is 8.42 Å². The number of amides is 1. The molecule has 2 N–H and O–H groups in total. The summed E-state index contributed by atoms with van der Waals surface area (Å²) in [6.07, 6.45) is 3.77. The molecule has 1 atom stereocenters. The summed E-state index contributed by atoms with van der Waals surface area (Å²) in [6, 6.07) is -0.874. The molecular weight excluding hydrogens is 258 g/mol. The van der Waals surface area contributed by atoms with Crippen LogP contribution in [-0.4, -0.2) is 41.3 Å². The van der Waals surface area contributed by atoms with Crippen LogP contribution in [0.25, 0.3) is 0 Å². The van der Waals surface area contributed by atoms with Crippen LogP contribution in [0.5, 0.6) is 0 Å². The number of rotatable bonds is 5. The lowest BCUT2D eigenvalue weighted by Crippen LogP contribution is -2.40. The molecule has 0 radical (unpaired) electrons. The number of nitrogens with one attached hydrogen (secondary N) is 1. The molecule has 15 heavy (non-hydrogen) atoms. The number of aliphatic carboxylic acids is 1. The standard InChI is InChI=1S/C5H9NO3S.C2H6OS2/c1-3(7)6-4(2-10)5(8)9;1-4-3-5-2/h4,10H,2H2,1H3,(H,6,7)(H,8,9);1-2H3. The topological polar surface area (TPSA) is 75.6 Å². The van der Waals surface area contributed by atoms with Crippen molar-refractivity contribution in [2.24, 2.45) is 0 Å². The molecule has 8 heteroatoms. The van der Waals surface area contributed by atoms with Crippen LogP contribution in [0.2, 0.25) is 0 Å². The number of carboxylic acids is 1. The van der Waals surface area contributed by atoms with Gasteiger partial charge < -0.3 is 10.4 Å². The van der Waals surface area contributed by atoms with Gasteiger partial charge in [0.2, 0.25) is 5.91 Å². The van der Waals surface area contributed by atoms with Gasteiger partial charge in [-0.05, 0) is 0 Å². The maximum absolute atomic E-state index is 10.3. The number of carboxylic acid groups (broad SMARTS) is 1. The first-order chi connectivity index (χ1) is 6.99. The average Bonchev–Trinajstić information content (AvgIpc) is 2.15. The highest BCUT2D eigenvalue weighted by Gasteiger charge is 2.15. The first kappa shape index (κ1) is 17.3. The molecule has 0 aromatic rings. The molecule has 0 aromatic carbocycles. The molecule has 0 rings (SSSR count). The highest BCUT2D eigenvalue weighted by Crippen LogP contribution is 2.04. The zero-order chi connectivity index (χ0) is 12.3. The fourth-order valence-corrected chi connectivity index (χ4v) is 1.29. The van der Waals surface area contributed by atoms with Crippen LogP contribution in [0.15, 0.2) is 0 Å². The number of carbonyl (C=O) groups is 2. The highest BCUT2D eigenvalue weighted by atomic mass is 32.2. The van der Waals surface area contributed by atoms with Gasteiger partial charge in [0.05, 0.1) is 0 Å². The minimum atomic E-state index is -1.06. The molecule has 0 heterocycles. The maximum Gasteiger partial charge on any atom is 0.327 e. The van der Waals surface area contributed by atoms with Gasteiger partial charge in [0, 0.05) is 49.3 Å². The van der Waals surface area contributed by atoms with Crippen LogP contribution in [0, 0.1) is 0 Å². The SMILES string of the molecule is CC(=O)NC(CS)C(=O)O.CSOSC. The van der Waals surface area contributed by atoms with Crippen molar-refractivity contribution >= 4 is 48.6 Å². The quantitative estimate of drug-likeness (QED) is 0.514. The Morgan fingerprint density at radius 3 is 2.00 bits per heavy atom. The summed E-state index contributed by atoms with van der Waals surface area (Å²) in [4.78, 5) is 20.5. The molecule has 0 saturated heterocycles. The van der Waals surface area contributed by atoms with E-state index in [4.69, 9.17) is 5.11 Å². The summed E-state index contributed by atoms with van der Waals surface area (Å²) < 4.78 is 4.67. The summed E-state index contributed by atoms with van der Waals surface area (Å²) >= 11 is 6.46. The molecule has 1 unspecified atom stereocenters. The van der Waals surface area contributed by atoms with E-state index in [2.05, 4.69) is 21.6 Å².